The number of rotatable bonds is 1. The van der Waals surface area contributed by atoms with E-state index in [2.05, 4.69) is 20.8 Å². The van der Waals surface area contributed by atoms with Crippen LogP contribution in [0.5, 0.6) is 0 Å². The molecule has 0 radical (unpaired) electrons. The van der Waals surface area contributed by atoms with Gasteiger partial charge in [0.2, 0.25) is 0 Å². The first-order valence-corrected chi connectivity index (χ1v) is 5.13. The molecule has 2 rings (SSSR count). The molecule has 2 saturated carbocycles. The molecule has 64 valence electrons. The quantitative estimate of drug-likeness (QED) is 0.539. The summed E-state index contributed by atoms with van der Waals surface area (Å²) < 4.78 is 0. The van der Waals surface area contributed by atoms with Crippen LogP contribution in [-0.2, 0) is 0 Å². The van der Waals surface area contributed by atoms with Crippen LogP contribution in [0.1, 0.15) is 46.5 Å². The van der Waals surface area contributed by atoms with E-state index in [1.807, 2.05) is 0 Å². The average molecular weight is 152 g/mol. The predicted octanol–water partition coefficient (Wildman–Crippen LogP) is 3.47. The van der Waals surface area contributed by atoms with Crippen molar-refractivity contribution in [1.29, 1.82) is 0 Å². The maximum atomic E-state index is 2.46. The summed E-state index contributed by atoms with van der Waals surface area (Å²) >= 11 is 0. The van der Waals surface area contributed by atoms with Gasteiger partial charge < -0.3 is 0 Å². The maximum Gasteiger partial charge on any atom is -0.0292 e. The van der Waals surface area contributed by atoms with E-state index in [1.165, 1.54) is 6.42 Å². The van der Waals surface area contributed by atoms with Crippen LogP contribution in [-0.4, -0.2) is 0 Å². The van der Waals surface area contributed by atoms with Gasteiger partial charge in [0.1, 0.15) is 0 Å². The molecule has 0 aromatic carbocycles. The van der Waals surface area contributed by atoms with Gasteiger partial charge in [0.05, 0.1) is 0 Å². The second kappa shape index (κ2) is 2.24. The minimum atomic E-state index is 0.869. The zero-order chi connectivity index (χ0) is 8.06. The van der Waals surface area contributed by atoms with Crippen molar-refractivity contribution in [2.24, 2.45) is 23.2 Å². The van der Waals surface area contributed by atoms with Gasteiger partial charge in [-0.1, -0.05) is 20.8 Å². The molecule has 0 amide bonds. The molecule has 2 atom stereocenters. The van der Waals surface area contributed by atoms with Crippen LogP contribution in [0.25, 0.3) is 0 Å². The Morgan fingerprint density at radius 2 is 1.82 bits per heavy atom. The fourth-order valence-corrected chi connectivity index (χ4v) is 3.10. The molecule has 1 spiro atoms. The number of hydrogen-bond acceptors (Lipinski definition) is 0. The molecular formula is C11H20. The van der Waals surface area contributed by atoms with Gasteiger partial charge in [-0.15, -0.1) is 0 Å². The Bertz CT molecular complexity index is 153. The Balaban J connectivity index is 2.02. The molecule has 11 heavy (non-hydrogen) atoms. The predicted molar refractivity (Wildman–Crippen MR) is 48.4 cm³/mol. The van der Waals surface area contributed by atoms with Gasteiger partial charge in [-0.3, -0.25) is 0 Å². The monoisotopic (exact) mass is 152 g/mol. The lowest BCUT2D eigenvalue weighted by Gasteiger charge is -2.18. The van der Waals surface area contributed by atoms with Crippen LogP contribution in [0, 0.1) is 23.2 Å². The van der Waals surface area contributed by atoms with Crippen molar-refractivity contribution in [2.75, 3.05) is 0 Å². The van der Waals surface area contributed by atoms with Crippen LogP contribution in [0.2, 0.25) is 0 Å². The minimum Gasteiger partial charge on any atom is -0.0625 e. The van der Waals surface area contributed by atoms with Crippen molar-refractivity contribution in [3.63, 3.8) is 0 Å². The molecule has 0 heterocycles. The molecule has 2 aliphatic rings. The lowest BCUT2D eigenvalue weighted by atomic mass is 9.87. The Kier molecular flexibility index (Phi) is 1.56. The van der Waals surface area contributed by atoms with Crippen LogP contribution in [0.4, 0.5) is 0 Å². The summed E-state index contributed by atoms with van der Waals surface area (Å²) in [5.74, 6) is 2.97. The third-order valence-corrected chi connectivity index (χ3v) is 3.97. The summed E-state index contributed by atoms with van der Waals surface area (Å²) in [6.45, 7) is 7.24. The molecule has 0 N–H and O–H groups in total. The van der Waals surface area contributed by atoms with E-state index in [-0.39, 0.29) is 0 Å². The first-order chi connectivity index (χ1) is 5.13. The van der Waals surface area contributed by atoms with Gasteiger partial charge in [-0.2, -0.15) is 0 Å². The molecule has 2 fully saturated rings. The molecule has 0 nitrogen and oxygen atoms in total. The zero-order valence-corrected chi connectivity index (χ0v) is 8.06. The van der Waals surface area contributed by atoms with Crippen molar-refractivity contribution in [1.82, 2.24) is 0 Å². The van der Waals surface area contributed by atoms with E-state index in [4.69, 9.17) is 0 Å². The molecular weight excluding hydrogens is 132 g/mol. The van der Waals surface area contributed by atoms with Crippen molar-refractivity contribution >= 4 is 0 Å². The zero-order valence-electron chi connectivity index (χ0n) is 8.06. The summed E-state index contributed by atoms with van der Waals surface area (Å²) in [5, 5.41) is 0. The lowest BCUT2D eigenvalue weighted by Crippen LogP contribution is -2.10. The third-order valence-electron chi connectivity index (χ3n) is 3.97. The van der Waals surface area contributed by atoms with Gasteiger partial charge in [-0.25, -0.2) is 0 Å². The van der Waals surface area contributed by atoms with Crippen LogP contribution in [0.3, 0.4) is 0 Å². The van der Waals surface area contributed by atoms with E-state index < -0.39 is 0 Å². The smallest absolute Gasteiger partial charge is 0.0292 e. The highest BCUT2D eigenvalue weighted by molar-refractivity contribution is 5.02. The van der Waals surface area contributed by atoms with E-state index >= 15 is 0 Å². The van der Waals surface area contributed by atoms with Crippen molar-refractivity contribution in [3.8, 4) is 0 Å². The Labute approximate surface area is 70.4 Å². The van der Waals surface area contributed by atoms with Gasteiger partial charge in [0, 0.05) is 0 Å². The number of hydrogen-bond donors (Lipinski definition) is 0. The van der Waals surface area contributed by atoms with Crippen molar-refractivity contribution in [2.45, 2.75) is 46.5 Å². The van der Waals surface area contributed by atoms with Crippen LogP contribution < -0.4 is 0 Å². The minimum absolute atomic E-state index is 0.869. The Hall–Kier alpha value is 0. The molecule has 0 aliphatic heterocycles. The standard InChI is InChI=1S/C11H20/c1-8(2)10-7-11(4-5-11)6-9(10)3/h8-10H,4-7H2,1-3H3. The van der Waals surface area contributed by atoms with Crippen molar-refractivity contribution in [3.05, 3.63) is 0 Å². The molecule has 0 aromatic rings. The van der Waals surface area contributed by atoms with E-state index in [9.17, 15) is 0 Å². The summed E-state index contributed by atoms with van der Waals surface area (Å²) in [6, 6.07) is 0. The largest absolute Gasteiger partial charge is 0.0625 e. The Morgan fingerprint density at radius 1 is 1.18 bits per heavy atom. The average Bonchev–Trinajstić information content (AvgIpc) is 2.54. The van der Waals surface area contributed by atoms with Crippen LogP contribution in [0.15, 0.2) is 0 Å². The summed E-state index contributed by atoms with van der Waals surface area (Å²) in [6.07, 6.45) is 6.17. The second-order valence-electron chi connectivity index (χ2n) is 5.29. The molecule has 2 aliphatic carbocycles. The highest BCUT2D eigenvalue weighted by atomic mass is 14.6. The first kappa shape index (κ1) is 7.64. The van der Waals surface area contributed by atoms with E-state index in [1.54, 1.807) is 19.3 Å². The Morgan fingerprint density at radius 3 is 2.09 bits per heavy atom. The van der Waals surface area contributed by atoms with Crippen molar-refractivity contribution < 1.29 is 0 Å². The molecule has 0 aromatic heterocycles. The molecule has 2 unspecified atom stereocenters. The van der Waals surface area contributed by atoms with Crippen LogP contribution >= 0.6 is 0 Å². The maximum absolute atomic E-state index is 2.46. The summed E-state index contributed by atoms with van der Waals surface area (Å²) in [7, 11) is 0. The second-order valence-corrected chi connectivity index (χ2v) is 5.29. The molecule has 0 bridgehead atoms. The van der Waals surface area contributed by atoms with Gasteiger partial charge in [-0.05, 0) is 48.9 Å². The fourth-order valence-electron chi connectivity index (χ4n) is 3.10. The SMILES string of the molecule is CC(C)C1CC2(CC2)CC1C. The van der Waals surface area contributed by atoms with Gasteiger partial charge >= 0.3 is 0 Å². The summed E-state index contributed by atoms with van der Waals surface area (Å²) in [5.41, 5.74) is 0.869. The molecule has 0 heteroatoms. The highest BCUT2D eigenvalue weighted by Crippen LogP contribution is 2.62. The van der Waals surface area contributed by atoms with E-state index in [0.29, 0.717) is 0 Å². The first-order valence-electron chi connectivity index (χ1n) is 5.13. The van der Waals surface area contributed by atoms with Gasteiger partial charge in [0.25, 0.3) is 0 Å². The third kappa shape index (κ3) is 1.21. The normalized spacial score (nSPS) is 40.4. The lowest BCUT2D eigenvalue weighted by molar-refractivity contribution is 0.311. The summed E-state index contributed by atoms with van der Waals surface area (Å²) in [4.78, 5) is 0. The van der Waals surface area contributed by atoms with E-state index in [0.717, 1.165) is 23.2 Å². The highest BCUT2D eigenvalue weighted by Gasteiger charge is 2.51. The molecule has 0 saturated heterocycles. The fraction of sp³-hybridized carbons (Fsp3) is 1.00. The topological polar surface area (TPSA) is 0 Å². The van der Waals surface area contributed by atoms with Gasteiger partial charge in [0.15, 0.2) is 0 Å².